The number of rotatable bonds is 3. The van der Waals surface area contributed by atoms with Gasteiger partial charge in [-0.15, -0.1) is 0 Å². The maximum Gasteiger partial charge on any atom is 0.220 e. The quantitative estimate of drug-likeness (QED) is 0.795. The topological polar surface area (TPSA) is 41.1 Å². The maximum atomic E-state index is 11.9. The van der Waals surface area contributed by atoms with Crippen LogP contribution in [-0.4, -0.2) is 24.5 Å². The molecule has 3 unspecified atom stereocenters. The largest absolute Gasteiger partial charge is 0.352 e. The Morgan fingerprint density at radius 2 is 2.06 bits per heavy atom. The molecular weight excluding hydrogens is 212 g/mol. The van der Waals surface area contributed by atoms with Crippen molar-refractivity contribution in [2.24, 2.45) is 11.3 Å². The van der Waals surface area contributed by atoms with Gasteiger partial charge in [0.25, 0.3) is 0 Å². The molecule has 0 saturated carbocycles. The van der Waals surface area contributed by atoms with E-state index in [-0.39, 0.29) is 11.3 Å². The van der Waals surface area contributed by atoms with Crippen LogP contribution >= 0.6 is 0 Å². The molecule has 0 aromatic carbocycles. The molecule has 1 saturated heterocycles. The summed E-state index contributed by atoms with van der Waals surface area (Å²) in [4.78, 5) is 11.9. The second kappa shape index (κ2) is 5.85. The van der Waals surface area contributed by atoms with Gasteiger partial charge in [-0.25, -0.2) is 0 Å². The van der Waals surface area contributed by atoms with E-state index in [2.05, 4.69) is 45.3 Å². The first-order chi connectivity index (χ1) is 7.79. The lowest BCUT2D eigenvalue weighted by atomic mass is 9.80. The van der Waals surface area contributed by atoms with Crippen LogP contribution in [0.3, 0.4) is 0 Å². The average Bonchev–Trinajstić information content (AvgIpc) is 2.20. The highest BCUT2D eigenvalue weighted by molar-refractivity contribution is 5.76. The fourth-order valence-electron chi connectivity index (χ4n) is 1.99. The number of piperidine rings is 1. The van der Waals surface area contributed by atoms with Gasteiger partial charge in [0.15, 0.2) is 0 Å². The van der Waals surface area contributed by atoms with Crippen molar-refractivity contribution in [3.05, 3.63) is 0 Å². The molecule has 1 amide bonds. The third-order valence-corrected chi connectivity index (χ3v) is 4.00. The van der Waals surface area contributed by atoms with Crippen LogP contribution in [0, 0.1) is 11.3 Å². The van der Waals surface area contributed by atoms with Crippen LogP contribution < -0.4 is 10.6 Å². The van der Waals surface area contributed by atoms with Crippen molar-refractivity contribution in [2.45, 2.75) is 66.0 Å². The molecule has 3 nitrogen and oxygen atoms in total. The van der Waals surface area contributed by atoms with E-state index in [4.69, 9.17) is 0 Å². The van der Waals surface area contributed by atoms with Crippen LogP contribution in [0.5, 0.6) is 0 Å². The molecule has 3 heteroatoms. The normalized spacial score (nSPS) is 27.6. The summed E-state index contributed by atoms with van der Waals surface area (Å²) in [6, 6.07) is 0.919. The number of carbonyl (C=O) groups excluding carboxylic acids is 1. The van der Waals surface area contributed by atoms with Crippen molar-refractivity contribution < 1.29 is 4.79 Å². The molecule has 1 heterocycles. The van der Waals surface area contributed by atoms with Gasteiger partial charge in [0.05, 0.1) is 0 Å². The zero-order chi connectivity index (χ0) is 13.1. The minimum Gasteiger partial charge on any atom is -0.352 e. The Bertz CT molecular complexity index is 249. The van der Waals surface area contributed by atoms with E-state index in [0.717, 1.165) is 19.4 Å². The monoisotopic (exact) mass is 240 g/mol. The van der Waals surface area contributed by atoms with Gasteiger partial charge in [0, 0.05) is 25.0 Å². The molecule has 0 spiro atoms. The lowest BCUT2D eigenvalue weighted by Gasteiger charge is -2.30. The molecule has 17 heavy (non-hydrogen) atoms. The van der Waals surface area contributed by atoms with Crippen LogP contribution in [0.2, 0.25) is 0 Å². The molecule has 3 atom stereocenters. The first kappa shape index (κ1) is 14.5. The molecule has 0 aromatic heterocycles. The number of nitrogens with one attached hydrogen (secondary N) is 2. The van der Waals surface area contributed by atoms with Crippen LogP contribution in [-0.2, 0) is 4.79 Å². The summed E-state index contributed by atoms with van der Waals surface area (Å²) in [6.07, 6.45) is 2.89. The van der Waals surface area contributed by atoms with Crippen molar-refractivity contribution in [3.63, 3.8) is 0 Å². The number of hydrogen-bond acceptors (Lipinski definition) is 2. The van der Waals surface area contributed by atoms with Gasteiger partial charge in [-0.2, -0.15) is 0 Å². The number of carbonyl (C=O) groups is 1. The molecule has 0 bridgehead atoms. The van der Waals surface area contributed by atoms with E-state index in [1.807, 2.05) is 0 Å². The number of amides is 1. The predicted molar refractivity (Wildman–Crippen MR) is 71.9 cm³/mol. The van der Waals surface area contributed by atoms with Gasteiger partial charge >= 0.3 is 0 Å². The minimum atomic E-state index is 0.203. The van der Waals surface area contributed by atoms with E-state index in [0.29, 0.717) is 24.4 Å². The van der Waals surface area contributed by atoms with Crippen molar-refractivity contribution >= 4 is 5.91 Å². The Hall–Kier alpha value is -0.570. The Morgan fingerprint density at radius 3 is 2.53 bits per heavy atom. The highest BCUT2D eigenvalue weighted by Crippen LogP contribution is 2.27. The van der Waals surface area contributed by atoms with Gasteiger partial charge in [0.1, 0.15) is 0 Å². The predicted octanol–water partition coefficient (Wildman–Crippen LogP) is 2.32. The SMILES string of the molecule is CC1CCC(NC(=O)CC(C)C(C)(C)C)CN1. The molecule has 1 rings (SSSR count). The third kappa shape index (κ3) is 5.07. The smallest absolute Gasteiger partial charge is 0.220 e. The Morgan fingerprint density at radius 1 is 1.41 bits per heavy atom. The second-order valence-corrected chi connectivity index (χ2v) is 6.62. The van der Waals surface area contributed by atoms with Crippen LogP contribution in [0.1, 0.15) is 53.9 Å². The lowest BCUT2D eigenvalue weighted by molar-refractivity contribution is -0.123. The van der Waals surface area contributed by atoms with Gasteiger partial charge in [-0.3, -0.25) is 4.79 Å². The Balaban J connectivity index is 2.30. The van der Waals surface area contributed by atoms with Gasteiger partial charge in [-0.05, 0) is 31.1 Å². The molecule has 1 aliphatic heterocycles. The van der Waals surface area contributed by atoms with Crippen molar-refractivity contribution in [3.8, 4) is 0 Å². The lowest BCUT2D eigenvalue weighted by Crippen LogP contribution is -2.49. The van der Waals surface area contributed by atoms with E-state index >= 15 is 0 Å². The molecule has 0 aliphatic carbocycles. The Labute approximate surface area is 106 Å². The van der Waals surface area contributed by atoms with Crippen LogP contribution in [0.25, 0.3) is 0 Å². The van der Waals surface area contributed by atoms with E-state index in [1.54, 1.807) is 0 Å². The molecule has 1 aliphatic rings. The summed E-state index contributed by atoms with van der Waals surface area (Å²) < 4.78 is 0. The third-order valence-electron chi connectivity index (χ3n) is 4.00. The second-order valence-electron chi connectivity index (χ2n) is 6.62. The molecule has 100 valence electrons. The summed E-state index contributed by atoms with van der Waals surface area (Å²) in [5.41, 5.74) is 0.205. The Kier molecular flexibility index (Phi) is 4.99. The number of hydrogen-bond donors (Lipinski definition) is 2. The highest BCUT2D eigenvalue weighted by Gasteiger charge is 2.24. The maximum absolute atomic E-state index is 11.9. The summed E-state index contributed by atoms with van der Waals surface area (Å²) in [6.45, 7) is 11.8. The summed E-state index contributed by atoms with van der Waals surface area (Å²) >= 11 is 0. The summed E-state index contributed by atoms with van der Waals surface area (Å²) in [5, 5.41) is 6.55. The molecule has 0 radical (unpaired) electrons. The highest BCUT2D eigenvalue weighted by atomic mass is 16.1. The zero-order valence-corrected chi connectivity index (χ0v) is 12.0. The zero-order valence-electron chi connectivity index (χ0n) is 12.0. The molecule has 0 aromatic rings. The minimum absolute atomic E-state index is 0.203. The summed E-state index contributed by atoms with van der Waals surface area (Å²) in [7, 11) is 0. The fraction of sp³-hybridized carbons (Fsp3) is 0.929. The van der Waals surface area contributed by atoms with E-state index < -0.39 is 0 Å². The standard InChI is InChI=1S/C14H28N2O/c1-10(14(3,4)5)8-13(17)16-12-7-6-11(2)15-9-12/h10-12,15H,6-9H2,1-5H3,(H,16,17). The van der Waals surface area contributed by atoms with Gasteiger partial charge in [-0.1, -0.05) is 27.7 Å². The van der Waals surface area contributed by atoms with E-state index in [9.17, 15) is 4.79 Å². The molecule has 1 fully saturated rings. The van der Waals surface area contributed by atoms with Crippen LogP contribution in [0.4, 0.5) is 0 Å². The van der Waals surface area contributed by atoms with Crippen molar-refractivity contribution in [1.82, 2.24) is 10.6 Å². The average molecular weight is 240 g/mol. The fourth-order valence-corrected chi connectivity index (χ4v) is 1.99. The van der Waals surface area contributed by atoms with Crippen molar-refractivity contribution in [1.29, 1.82) is 0 Å². The van der Waals surface area contributed by atoms with Crippen LogP contribution in [0.15, 0.2) is 0 Å². The van der Waals surface area contributed by atoms with Gasteiger partial charge in [0.2, 0.25) is 5.91 Å². The van der Waals surface area contributed by atoms with E-state index in [1.165, 1.54) is 0 Å². The van der Waals surface area contributed by atoms with Crippen molar-refractivity contribution in [2.75, 3.05) is 6.54 Å². The molecular formula is C14H28N2O. The first-order valence-corrected chi connectivity index (χ1v) is 6.81. The molecule has 2 N–H and O–H groups in total. The first-order valence-electron chi connectivity index (χ1n) is 6.81. The van der Waals surface area contributed by atoms with Gasteiger partial charge < -0.3 is 10.6 Å². The summed E-state index contributed by atoms with van der Waals surface area (Å²) in [5.74, 6) is 0.617.